The lowest BCUT2D eigenvalue weighted by Gasteiger charge is -2.17. The van der Waals surface area contributed by atoms with Crippen LogP contribution in [0.4, 0.5) is 42.5 Å². The van der Waals surface area contributed by atoms with E-state index in [1.54, 1.807) is 24.3 Å². The summed E-state index contributed by atoms with van der Waals surface area (Å²) in [6.45, 7) is 0. The molecule has 3 aromatic rings. The highest BCUT2D eigenvalue weighted by Gasteiger charge is 2.37. The Labute approximate surface area is 191 Å². The van der Waals surface area contributed by atoms with Crippen LogP contribution in [0.5, 0.6) is 0 Å². The zero-order chi connectivity index (χ0) is 24.5. The predicted octanol–water partition coefficient (Wildman–Crippen LogP) is 7.91. The van der Waals surface area contributed by atoms with Gasteiger partial charge in [-0.15, -0.1) is 0 Å². The predicted molar refractivity (Wildman–Crippen MR) is 118 cm³/mol. The van der Waals surface area contributed by atoms with E-state index in [-0.39, 0.29) is 6.07 Å². The van der Waals surface area contributed by atoms with E-state index in [0.29, 0.717) is 17.8 Å². The van der Waals surface area contributed by atoms with E-state index in [9.17, 15) is 31.1 Å². The zero-order valence-electron chi connectivity index (χ0n) is 17.8. The van der Waals surface area contributed by atoms with Crippen LogP contribution in [0.1, 0.15) is 35.1 Å². The fourth-order valence-corrected chi connectivity index (χ4v) is 3.98. The first-order chi connectivity index (χ1) is 16.0. The normalized spacial score (nSPS) is 13.8. The molecule has 34 heavy (non-hydrogen) atoms. The third kappa shape index (κ3) is 5.52. The van der Waals surface area contributed by atoms with Crippen molar-refractivity contribution in [2.75, 3.05) is 10.6 Å². The number of hydrogen-bond donors (Lipinski definition) is 2. The minimum atomic E-state index is -5.00. The van der Waals surface area contributed by atoms with Gasteiger partial charge in [0.2, 0.25) is 0 Å². The molecule has 178 valence electrons. The largest absolute Gasteiger partial charge is 0.416 e. The molecule has 1 aliphatic rings. The number of urea groups is 1. The summed E-state index contributed by atoms with van der Waals surface area (Å²) in [6.07, 6.45) is -5.54. The van der Waals surface area contributed by atoms with Crippen molar-refractivity contribution in [3.63, 3.8) is 0 Å². The van der Waals surface area contributed by atoms with Gasteiger partial charge in [0, 0.05) is 11.4 Å². The Balaban J connectivity index is 1.47. The molecular formula is C25H20F6N2O. The molecule has 1 aliphatic carbocycles. The van der Waals surface area contributed by atoms with E-state index >= 15 is 0 Å². The van der Waals surface area contributed by atoms with Gasteiger partial charge >= 0.3 is 18.4 Å². The molecular weight excluding hydrogens is 458 g/mol. The standard InChI is InChI=1S/C25H20F6N2O/c26-24(27,28)19-12-20(25(29,30)31)14-22(13-19)33-23(34)32-21-9-7-16(8-10-21)18-6-5-15-3-1-2-4-17(15)11-18/h5-14H,1-4H2,(H2,32,33,34). The van der Waals surface area contributed by atoms with E-state index in [1.807, 2.05) is 11.4 Å². The molecule has 4 rings (SSSR count). The molecule has 0 saturated carbocycles. The quantitative estimate of drug-likeness (QED) is 0.369. The second-order valence-corrected chi connectivity index (χ2v) is 8.14. The van der Waals surface area contributed by atoms with E-state index in [2.05, 4.69) is 17.4 Å². The molecule has 0 fully saturated rings. The highest BCUT2D eigenvalue weighted by molar-refractivity contribution is 6.00. The van der Waals surface area contributed by atoms with Gasteiger partial charge in [-0.05, 0) is 78.3 Å². The summed E-state index contributed by atoms with van der Waals surface area (Å²) < 4.78 is 78.0. The number of alkyl halides is 6. The Kier molecular flexibility index (Phi) is 6.29. The molecule has 2 N–H and O–H groups in total. The van der Waals surface area contributed by atoms with Crippen LogP contribution in [0.15, 0.2) is 60.7 Å². The zero-order valence-corrected chi connectivity index (χ0v) is 17.8. The van der Waals surface area contributed by atoms with Gasteiger partial charge in [0.15, 0.2) is 0 Å². The number of benzene rings is 3. The second kappa shape index (κ2) is 9.04. The summed E-state index contributed by atoms with van der Waals surface area (Å²) in [7, 11) is 0. The van der Waals surface area contributed by atoms with Crippen molar-refractivity contribution in [1.29, 1.82) is 0 Å². The summed E-state index contributed by atoms with van der Waals surface area (Å²) in [5.74, 6) is 0. The topological polar surface area (TPSA) is 41.1 Å². The summed E-state index contributed by atoms with van der Waals surface area (Å²) in [4.78, 5) is 12.2. The maximum atomic E-state index is 13.0. The van der Waals surface area contributed by atoms with Gasteiger partial charge in [0.05, 0.1) is 11.1 Å². The lowest BCUT2D eigenvalue weighted by Crippen LogP contribution is -2.20. The molecule has 3 aromatic carbocycles. The number of hydrogen-bond acceptors (Lipinski definition) is 1. The summed E-state index contributed by atoms with van der Waals surface area (Å²) in [5.41, 5.74) is 1.33. The lowest BCUT2D eigenvalue weighted by molar-refractivity contribution is -0.143. The molecule has 0 aliphatic heterocycles. The highest BCUT2D eigenvalue weighted by Crippen LogP contribution is 2.37. The number of fused-ring (bicyclic) bond motifs is 1. The van der Waals surface area contributed by atoms with E-state index in [0.717, 1.165) is 30.4 Å². The molecule has 0 radical (unpaired) electrons. The van der Waals surface area contributed by atoms with Crippen molar-refractivity contribution in [3.05, 3.63) is 82.9 Å². The smallest absolute Gasteiger partial charge is 0.308 e. The highest BCUT2D eigenvalue weighted by atomic mass is 19.4. The van der Waals surface area contributed by atoms with E-state index < -0.39 is 35.2 Å². The number of nitrogens with one attached hydrogen (secondary N) is 2. The van der Waals surface area contributed by atoms with Crippen LogP contribution >= 0.6 is 0 Å². The average Bonchev–Trinajstić information content (AvgIpc) is 2.78. The third-order valence-electron chi connectivity index (χ3n) is 5.67. The summed E-state index contributed by atoms with van der Waals surface area (Å²) in [5, 5.41) is 4.47. The Bertz CT molecular complexity index is 1170. The molecule has 0 atom stereocenters. The van der Waals surface area contributed by atoms with Crippen LogP contribution in [-0.2, 0) is 25.2 Å². The maximum absolute atomic E-state index is 13.0. The first-order valence-corrected chi connectivity index (χ1v) is 10.6. The number of anilines is 2. The van der Waals surface area contributed by atoms with Crippen LogP contribution in [0.2, 0.25) is 0 Å². The number of carbonyl (C=O) groups is 1. The van der Waals surface area contributed by atoms with Crippen LogP contribution in [-0.4, -0.2) is 6.03 Å². The fraction of sp³-hybridized carbons (Fsp3) is 0.240. The summed E-state index contributed by atoms with van der Waals surface area (Å²) in [6, 6.07) is 13.0. The number of carbonyl (C=O) groups excluding carboxylic acids is 1. The Morgan fingerprint density at radius 2 is 1.15 bits per heavy atom. The average molecular weight is 478 g/mol. The number of rotatable bonds is 3. The fourth-order valence-electron chi connectivity index (χ4n) is 3.98. The van der Waals surface area contributed by atoms with Gasteiger partial charge in [-0.3, -0.25) is 0 Å². The minimum absolute atomic E-state index is 0.00250. The molecule has 0 spiro atoms. The molecule has 0 saturated heterocycles. The first-order valence-electron chi connectivity index (χ1n) is 10.6. The van der Waals surface area contributed by atoms with Gasteiger partial charge in [-0.1, -0.05) is 30.3 Å². The van der Waals surface area contributed by atoms with Crippen molar-refractivity contribution in [1.82, 2.24) is 0 Å². The van der Waals surface area contributed by atoms with Crippen LogP contribution in [0.3, 0.4) is 0 Å². The van der Waals surface area contributed by atoms with Gasteiger partial charge in [-0.25, -0.2) is 4.79 Å². The van der Waals surface area contributed by atoms with Crippen molar-refractivity contribution in [3.8, 4) is 11.1 Å². The number of halogens is 6. The van der Waals surface area contributed by atoms with Crippen molar-refractivity contribution in [2.45, 2.75) is 38.0 Å². The molecule has 0 unspecified atom stereocenters. The van der Waals surface area contributed by atoms with Crippen LogP contribution in [0, 0.1) is 0 Å². The second-order valence-electron chi connectivity index (χ2n) is 8.14. The van der Waals surface area contributed by atoms with Crippen molar-refractivity contribution < 1.29 is 31.1 Å². The van der Waals surface area contributed by atoms with Crippen molar-refractivity contribution >= 4 is 17.4 Å². The number of aryl methyl sites for hydroxylation is 2. The number of amides is 2. The monoisotopic (exact) mass is 478 g/mol. The Morgan fingerprint density at radius 3 is 1.74 bits per heavy atom. The van der Waals surface area contributed by atoms with Crippen LogP contribution in [0.25, 0.3) is 11.1 Å². The van der Waals surface area contributed by atoms with Crippen LogP contribution < -0.4 is 10.6 Å². The van der Waals surface area contributed by atoms with Gasteiger partial charge in [0.25, 0.3) is 0 Å². The minimum Gasteiger partial charge on any atom is -0.308 e. The molecule has 0 bridgehead atoms. The van der Waals surface area contributed by atoms with E-state index in [1.165, 1.54) is 17.5 Å². The molecule has 3 nitrogen and oxygen atoms in total. The summed E-state index contributed by atoms with van der Waals surface area (Å²) >= 11 is 0. The lowest BCUT2D eigenvalue weighted by atomic mass is 9.89. The SMILES string of the molecule is O=C(Nc1ccc(-c2ccc3c(c2)CCCC3)cc1)Nc1cc(C(F)(F)F)cc(C(F)(F)F)c1. The maximum Gasteiger partial charge on any atom is 0.416 e. The Morgan fingerprint density at radius 1 is 0.618 bits per heavy atom. The first kappa shape index (κ1) is 23.7. The third-order valence-corrected chi connectivity index (χ3v) is 5.67. The van der Waals surface area contributed by atoms with Gasteiger partial charge < -0.3 is 10.6 Å². The van der Waals surface area contributed by atoms with Gasteiger partial charge in [-0.2, -0.15) is 26.3 Å². The molecule has 0 aromatic heterocycles. The molecule has 9 heteroatoms. The molecule has 0 heterocycles. The van der Waals surface area contributed by atoms with Crippen molar-refractivity contribution in [2.24, 2.45) is 0 Å². The van der Waals surface area contributed by atoms with Gasteiger partial charge in [0.1, 0.15) is 0 Å². The van der Waals surface area contributed by atoms with E-state index in [4.69, 9.17) is 0 Å². The molecule has 2 amide bonds. The Hall–Kier alpha value is -3.49.